The molecular formula is C9H15N3O2S. The molecule has 6 heteroatoms. The van der Waals surface area contributed by atoms with E-state index in [0.29, 0.717) is 17.0 Å². The van der Waals surface area contributed by atoms with Crippen LogP contribution in [0.1, 0.15) is 35.6 Å². The molecule has 0 saturated carbocycles. The first-order valence-electron chi connectivity index (χ1n) is 4.78. The van der Waals surface area contributed by atoms with E-state index < -0.39 is 6.10 Å². The number of nitrogens with one attached hydrogen (secondary N) is 1. The Balaban J connectivity index is 2.53. The van der Waals surface area contributed by atoms with Crippen LogP contribution in [-0.2, 0) is 0 Å². The van der Waals surface area contributed by atoms with Crippen LogP contribution in [0.2, 0.25) is 0 Å². The highest BCUT2D eigenvalue weighted by molar-refractivity contribution is 7.07. The largest absolute Gasteiger partial charge is 0.393 e. The van der Waals surface area contributed by atoms with Gasteiger partial charge >= 0.3 is 0 Å². The smallest absolute Gasteiger partial charge is 0.265 e. The van der Waals surface area contributed by atoms with Crippen molar-refractivity contribution in [2.45, 2.75) is 39.3 Å². The summed E-state index contributed by atoms with van der Waals surface area (Å²) in [7, 11) is 0. The van der Waals surface area contributed by atoms with Crippen LogP contribution in [0.4, 0.5) is 0 Å². The lowest BCUT2D eigenvalue weighted by Gasteiger charge is -2.14. The Morgan fingerprint density at radius 2 is 2.27 bits per heavy atom. The molecule has 1 amide bonds. The van der Waals surface area contributed by atoms with Crippen LogP contribution < -0.4 is 5.32 Å². The minimum atomic E-state index is -0.416. The summed E-state index contributed by atoms with van der Waals surface area (Å²) in [4.78, 5) is 12.2. The number of carbonyl (C=O) groups is 1. The highest BCUT2D eigenvalue weighted by atomic mass is 32.1. The lowest BCUT2D eigenvalue weighted by atomic mass is 10.1. The van der Waals surface area contributed by atoms with Gasteiger partial charge in [-0.3, -0.25) is 4.79 Å². The summed E-state index contributed by atoms with van der Waals surface area (Å²) in [6.45, 7) is 5.30. The van der Waals surface area contributed by atoms with Crippen molar-refractivity contribution in [1.29, 1.82) is 0 Å². The molecule has 0 fully saturated rings. The molecule has 1 rings (SSSR count). The summed E-state index contributed by atoms with van der Waals surface area (Å²) in [5.74, 6) is -0.171. The monoisotopic (exact) mass is 229 g/mol. The van der Waals surface area contributed by atoms with Crippen LogP contribution in [0.3, 0.4) is 0 Å². The van der Waals surface area contributed by atoms with Crippen LogP contribution in [0.25, 0.3) is 0 Å². The van der Waals surface area contributed by atoms with Gasteiger partial charge < -0.3 is 10.4 Å². The van der Waals surface area contributed by atoms with Crippen molar-refractivity contribution < 1.29 is 9.90 Å². The van der Waals surface area contributed by atoms with Crippen molar-refractivity contribution in [3.05, 3.63) is 10.6 Å². The zero-order valence-corrected chi connectivity index (χ0v) is 9.84. The molecule has 0 spiro atoms. The molecular weight excluding hydrogens is 214 g/mol. The second kappa shape index (κ2) is 5.18. The molecule has 1 aromatic rings. The van der Waals surface area contributed by atoms with Crippen LogP contribution in [0.15, 0.2) is 0 Å². The van der Waals surface area contributed by atoms with Gasteiger partial charge in [0.2, 0.25) is 0 Å². The first kappa shape index (κ1) is 12.1. The second-order valence-electron chi connectivity index (χ2n) is 3.65. The lowest BCUT2D eigenvalue weighted by Crippen LogP contribution is -2.34. The van der Waals surface area contributed by atoms with E-state index in [2.05, 4.69) is 14.9 Å². The highest BCUT2D eigenvalue weighted by Crippen LogP contribution is 2.09. The van der Waals surface area contributed by atoms with E-state index in [1.54, 1.807) is 13.8 Å². The van der Waals surface area contributed by atoms with Crippen molar-refractivity contribution in [2.24, 2.45) is 0 Å². The van der Waals surface area contributed by atoms with E-state index in [9.17, 15) is 4.79 Å². The van der Waals surface area contributed by atoms with E-state index in [1.165, 1.54) is 0 Å². The number of rotatable bonds is 4. The fraction of sp³-hybridized carbons (Fsp3) is 0.667. The molecule has 0 aliphatic carbocycles. The second-order valence-corrected chi connectivity index (χ2v) is 4.40. The molecule has 0 aliphatic rings. The number of aryl methyl sites for hydroxylation is 1. The molecule has 2 unspecified atom stereocenters. The molecule has 1 heterocycles. The van der Waals surface area contributed by atoms with Gasteiger partial charge in [0.05, 0.1) is 11.8 Å². The van der Waals surface area contributed by atoms with Crippen molar-refractivity contribution in [2.75, 3.05) is 0 Å². The third-order valence-electron chi connectivity index (χ3n) is 1.93. The van der Waals surface area contributed by atoms with E-state index in [0.717, 1.165) is 11.5 Å². The van der Waals surface area contributed by atoms with Gasteiger partial charge in [-0.25, -0.2) is 0 Å². The number of nitrogens with zero attached hydrogens (tertiary/aromatic N) is 2. The highest BCUT2D eigenvalue weighted by Gasteiger charge is 2.16. The molecule has 5 nitrogen and oxygen atoms in total. The SMILES string of the molecule is Cc1nnsc1C(=O)NC(C)CC(C)O. The quantitative estimate of drug-likeness (QED) is 0.798. The van der Waals surface area contributed by atoms with Gasteiger partial charge in [0.1, 0.15) is 4.88 Å². The number of aromatic nitrogens is 2. The van der Waals surface area contributed by atoms with Crippen molar-refractivity contribution in [1.82, 2.24) is 14.9 Å². The summed E-state index contributed by atoms with van der Waals surface area (Å²) >= 11 is 1.08. The molecule has 2 N–H and O–H groups in total. The summed E-state index contributed by atoms with van der Waals surface area (Å²) in [5, 5.41) is 15.7. The Hall–Kier alpha value is -1.01. The Bertz CT molecular complexity index is 338. The van der Waals surface area contributed by atoms with Gasteiger partial charge in [0.15, 0.2) is 0 Å². The Kier molecular flexibility index (Phi) is 4.16. The summed E-state index contributed by atoms with van der Waals surface area (Å²) in [5.41, 5.74) is 0.641. The average molecular weight is 229 g/mol. The maximum atomic E-state index is 11.7. The van der Waals surface area contributed by atoms with Crippen LogP contribution >= 0.6 is 11.5 Å². The summed E-state index contributed by atoms with van der Waals surface area (Å²) in [6.07, 6.45) is 0.123. The van der Waals surface area contributed by atoms with Crippen LogP contribution in [0.5, 0.6) is 0 Å². The first-order valence-corrected chi connectivity index (χ1v) is 5.56. The van der Waals surface area contributed by atoms with Gasteiger partial charge in [-0.1, -0.05) is 4.49 Å². The topological polar surface area (TPSA) is 75.1 Å². The van der Waals surface area contributed by atoms with Crippen molar-refractivity contribution in [3.63, 3.8) is 0 Å². The molecule has 1 aromatic heterocycles. The van der Waals surface area contributed by atoms with Crippen molar-refractivity contribution in [3.8, 4) is 0 Å². The average Bonchev–Trinajstić information content (AvgIpc) is 2.49. The Morgan fingerprint density at radius 3 is 2.73 bits per heavy atom. The maximum absolute atomic E-state index is 11.7. The Morgan fingerprint density at radius 1 is 1.60 bits per heavy atom. The zero-order valence-electron chi connectivity index (χ0n) is 9.02. The fourth-order valence-electron chi connectivity index (χ4n) is 1.30. The van der Waals surface area contributed by atoms with E-state index >= 15 is 0 Å². The standard InChI is InChI=1S/C9H15N3O2S/c1-5(4-6(2)13)10-9(14)8-7(3)11-12-15-8/h5-6,13H,4H2,1-3H3,(H,10,14). The predicted molar refractivity (Wildman–Crippen MR) is 57.9 cm³/mol. The van der Waals surface area contributed by atoms with Crippen LogP contribution in [0, 0.1) is 6.92 Å². The van der Waals surface area contributed by atoms with E-state index in [1.807, 2.05) is 6.92 Å². The molecule has 15 heavy (non-hydrogen) atoms. The maximum Gasteiger partial charge on any atom is 0.265 e. The predicted octanol–water partition coefficient (Wildman–Crippen LogP) is 0.736. The third-order valence-corrected chi connectivity index (χ3v) is 2.76. The van der Waals surface area contributed by atoms with E-state index in [-0.39, 0.29) is 11.9 Å². The minimum Gasteiger partial charge on any atom is -0.393 e. The molecule has 0 radical (unpaired) electrons. The van der Waals surface area contributed by atoms with E-state index in [4.69, 9.17) is 5.11 Å². The molecule has 0 saturated heterocycles. The van der Waals surface area contributed by atoms with Crippen molar-refractivity contribution >= 4 is 17.4 Å². The molecule has 84 valence electrons. The number of aliphatic hydroxyl groups is 1. The minimum absolute atomic E-state index is 0.0565. The Labute approximate surface area is 92.7 Å². The summed E-state index contributed by atoms with van der Waals surface area (Å²) in [6, 6.07) is -0.0565. The fourth-order valence-corrected chi connectivity index (χ4v) is 1.86. The first-order chi connectivity index (χ1) is 7.00. The molecule has 2 atom stereocenters. The van der Waals surface area contributed by atoms with Gasteiger partial charge in [-0.05, 0) is 38.7 Å². The normalized spacial score (nSPS) is 14.7. The third kappa shape index (κ3) is 3.56. The molecule has 0 aromatic carbocycles. The van der Waals surface area contributed by atoms with Gasteiger partial charge in [-0.2, -0.15) is 0 Å². The van der Waals surface area contributed by atoms with Gasteiger partial charge in [-0.15, -0.1) is 5.10 Å². The van der Waals surface area contributed by atoms with Crippen LogP contribution in [-0.4, -0.2) is 32.7 Å². The summed E-state index contributed by atoms with van der Waals surface area (Å²) < 4.78 is 3.69. The number of hydrogen-bond donors (Lipinski definition) is 2. The lowest BCUT2D eigenvalue weighted by molar-refractivity contribution is 0.0926. The number of amides is 1. The van der Waals surface area contributed by atoms with Gasteiger partial charge in [0, 0.05) is 6.04 Å². The zero-order chi connectivity index (χ0) is 11.4. The molecule has 0 bridgehead atoms. The number of hydrogen-bond acceptors (Lipinski definition) is 5. The number of carbonyl (C=O) groups excluding carboxylic acids is 1. The van der Waals surface area contributed by atoms with Gasteiger partial charge in [0.25, 0.3) is 5.91 Å². The molecule has 0 aliphatic heterocycles. The number of aliphatic hydroxyl groups excluding tert-OH is 1.